The maximum Gasteiger partial charge on any atom is 0.0456 e. The minimum Gasteiger partial charge on any atom is -0.396 e. The highest BCUT2D eigenvalue weighted by Crippen LogP contribution is 2.26. The molecule has 14 heavy (non-hydrogen) atoms. The minimum absolute atomic E-state index is 0.336. The van der Waals surface area contributed by atoms with E-state index in [9.17, 15) is 0 Å². The topological polar surface area (TPSA) is 20.2 Å². The molecule has 86 valence electrons. The van der Waals surface area contributed by atoms with E-state index in [4.69, 9.17) is 5.11 Å². The molecule has 0 radical (unpaired) electrons. The van der Waals surface area contributed by atoms with Gasteiger partial charge in [0.15, 0.2) is 0 Å². The Hall–Kier alpha value is -0.0400. The van der Waals surface area contributed by atoms with Crippen LogP contribution in [0.2, 0.25) is 0 Å². The molecule has 0 saturated carbocycles. The van der Waals surface area contributed by atoms with Gasteiger partial charge in [-0.1, -0.05) is 41.0 Å². The van der Waals surface area contributed by atoms with Crippen molar-refractivity contribution >= 4 is 0 Å². The predicted molar refractivity (Wildman–Crippen MR) is 63.3 cm³/mol. The molecule has 0 rings (SSSR count). The van der Waals surface area contributed by atoms with Crippen LogP contribution in [0.15, 0.2) is 0 Å². The molecule has 1 nitrogen and oxygen atoms in total. The van der Waals surface area contributed by atoms with Gasteiger partial charge in [0, 0.05) is 6.61 Å². The molecule has 0 heterocycles. The molecule has 1 heteroatoms. The molecule has 0 fully saturated rings. The maximum absolute atomic E-state index is 8.98. The first-order valence-electron chi connectivity index (χ1n) is 6.12. The van der Waals surface area contributed by atoms with Crippen LogP contribution in [-0.4, -0.2) is 11.7 Å². The zero-order valence-electron chi connectivity index (χ0n) is 10.6. The monoisotopic (exact) mass is 200 g/mol. The first-order chi connectivity index (χ1) is 6.51. The second kappa shape index (κ2) is 7.28. The fourth-order valence-electron chi connectivity index (χ4n) is 2.28. The third-order valence-corrected chi connectivity index (χ3v) is 3.29. The van der Waals surface area contributed by atoms with Crippen LogP contribution in [0.3, 0.4) is 0 Å². The molecule has 0 aromatic carbocycles. The Labute approximate surface area is 89.9 Å². The summed E-state index contributed by atoms with van der Waals surface area (Å²) in [6, 6.07) is 0. The molecule has 0 aromatic rings. The number of aliphatic hydroxyl groups excluding tert-OH is 1. The fraction of sp³-hybridized carbons (Fsp3) is 1.00. The summed E-state index contributed by atoms with van der Waals surface area (Å²) >= 11 is 0. The molecular formula is C13H28O. The van der Waals surface area contributed by atoms with E-state index in [1.807, 2.05) is 0 Å². The van der Waals surface area contributed by atoms with Gasteiger partial charge in [0.2, 0.25) is 0 Å². The summed E-state index contributed by atoms with van der Waals surface area (Å²) in [5.41, 5.74) is 0. The summed E-state index contributed by atoms with van der Waals surface area (Å²) in [4.78, 5) is 0. The van der Waals surface area contributed by atoms with Crippen LogP contribution in [0.25, 0.3) is 0 Å². The Morgan fingerprint density at radius 2 is 1.50 bits per heavy atom. The molecule has 0 saturated heterocycles. The first kappa shape index (κ1) is 14.0. The minimum atomic E-state index is 0.336. The summed E-state index contributed by atoms with van der Waals surface area (Å²) in [6.07, 6.45) is 3.77. The Morgan fingerprint density at radius 3 is 1.86 bits per heavy atom. The van der Waals surface area contributed by atoms with Crippen LogP contribution in [0.4, 0.5) is 0 Å². The molecular weight excluding hydrogens is 172 g/mol. The number of hydrogen-bond donors (Lipinski definition) is 1. The normalized spacial score (nSPS) is 18.2. The van der Waals surface area contributed by atoms with Crippen molar-refractivity contribution in [2.45, 2.75) is 53.9 Å². The standard InChI is InChI=1S/C13H28O/c1-6-13(10(2)3)8-11(4)7-12(5)9-14/h10-14H,6-9H2,1-5H3. The molecule has 3 unspecified atom stereocenters. The van der Waals surface area contributed by atoms with Gasteiger partial charge in [0.25, 0.3) is 0 Å². The van der Waals surface area contributed by atoms with Gasteiger partial charge in [-0.15, -0.1) is 0 Å². The highest BCUT2D eigenvalue weighted by Gasteiger charge is 2.16. The van der Waals surface area contributed by atoms with E-state index < -0.39 is 0 Å². The average Bonchev–Trinajstić information content (AvgIpc) is 2.13. The lowest BCUT2D eigenvalue weighted by Gasteiger charge is -2.24. The van der Waals surface area contributed by atoms with E-state index in [0.717, 1.165) is 17.8 Å². The van der Waals surface area contributed by atoms with Gasteiger partial charge in [0.05, 0.1) is 0 Å². The molecule has 0 aliphatic carbocycles. The van der Waals surface area contributed by atoms with Gasteiger partial charge in [0.1, 0.15) is 0 Å². The number of aliphatic hydroxyl groups is 1. The quantitative estimate of drug-likeness (QED) is 0.664. The summed E-state index contributed by atoms with van der Waals surface area (Å²) in [5.74, 6) is 2.88. The van der Waals surface area contributed by atoms with Crippen LogP contribution >= 0.6 is 0 Å². The SMILES string of the molecule is CCC(CC(C)CC(C)CO)C(C)C. The van der Waals surface area contributed by atoms with Crippen molar-refractivity contribution in [2.75, 3.05) is 6.61 Å². The molecule has 0 spiro atoms. The second-order valence-corrected chi connectivity index (χ2v) is 5.28. The van der Waals surface area contributed by atoms with E-state index in [2.05, 4.69) is 34.6 Å². The highest BCUT2D eigenvalue weighted by atomic mass is 16.3. The highest BCUT2D eigenvalue weighted by molar-refractivity contribution is 4.67. The maximum atomic E-state index is 8.98. The summed E-state index contributed by atoms with van der Waals surface area (Å²) in [6.45, 7) is 11.7. The lowest BCUT2D eigenvalue weighted by molar-refractivity contribution is 0.199. The summed E-state index contributed by atoms with van der Waals surface area (Å²) in [7, 11) is 0. The van der Waals surface area contributed by atoms with Crippen molar-refractivity contribution in [1.82, 2.24) is 0 Å². The molecule has 0 bridgehead atoms. The zero-order valence-corrected chi connectivity index (χ0v) is 10.6. The van der Waals surface area contributed by atoms with Gasteiger partial charge in [-0.25, -0.2) is 0 Å². The van der Waals surface area contributed by atoms with Crippen molar-refractivity contribution in [1.29, 1.82) is 0 Å². The molecule has 0 amide bonds. The van der Waals surface area contributed by atoms with Crippen LogP contribution in [-0.2, 0) is 0 Å². The first-order valence-corrected chi connectivity index (χ1v) is 6.12. The number of hydrogen-bond acceptors (Lipinski definition) is 1. The predicted octanol–water partition coefficient (Wildman–Crippen LogP) is 3.71. The van der Waals surface area contributed by atoms with E-state index in [-0.39, 0.29) is 0 Å². The third-order valence-electron chi connectivity index (χ3n) is 3.29. The molecule has 0 aliphatic heterocycles. The van der Waals surface area contributed by atoms with Crippen molar-refractivity contribution in [2.24, 2.45) is 23.7 Å². The van der Waals surface area contributed by atoms with Crippen molar-refractivity contribution in [3.8, 4) is 0 Å². The van der Waals surface area contributed by atoms with E-state index in [1.54, 1.807) is 0 Å². The van der Waals surface area contributed by atoms with Gasteiger partial charge in [-0.3, -0.25) is 0 Å². The lowest BCUT2D eigenvalue weighted by atomic mass is 9.82. The molecule has 1 N–H and O–H groups in total. The van der Waals surface area contributed by atoms with Crippen molar-refractivity contribution in [3.63, 3.8) is 0 Å². The van der Waals surface area contributed by atoms with Crippen LogP contribution in [0.1, 0.15) is 53.9 Å². The third kappa shape index (κ3) is 5.64. The van der Waals surface area contributed by atoms with Gasteiger partial charge in [-0.2, -0.15) is 0 Å². The molecule has 0 aromatic heterocycles. The molecule has 0 aliphatic rings. The Morgan fingerprint density at radius 1 is 0.929 bits per heavy atom. The van der Waals surface area contributed by atoms with Gasteiger partial charge in [-0.05, 0) is 36.5 Å². The van der Waals surface area contributed by atoms with E-state index in [0.29, 0.717) is 12.5 Å². The van der Waals surface area contributed by atoms with E-state index in [1.165, 1.54) is 19.3 Å². The summed E-state index contributed by atoms with van der Waals surface area (Å²) in [5, 5.41) is 8.98. The zero-order chi connectivity index (χ0) is 11.1. The Bertz CT molecular complexity index is 131. The van der Waals surface area contributed by atoms with Crippen LogP contribution < -0.4 is 0 Å². The molecule has 3 atom stereocenters. The van der Waals surface area contributed by atoms with Crippen molar-refractivity contribution in [3.05, 3.63) is 0 Å². The van der Waals surface area contributed by atoms with Crippen LogP contribution in [0.5, 0.6) is 0 Å². The fourth-order valence-corrected chi connectivity index (χ4v) is 2.28. The summed E-state index contributed by atoms with van der Waals surface area (Å²) < 4.78 is 0. The smallest absolute Gasteiger partial charge is 0.0456 e. The van der Waals surface area contributed by atoms with Crippen LogP contribution in [0, 0.1) is 23.7 Å². The van der Waals surface area contributed by atoms with Gasteiger partial charge >= 0.3 is 0 Å². The Kier molecular flexibility index (Phi) is 7.26. The number of rotatable bonds is 7. The lowest BCUT2D eigenvalue weighted by Crippen LogP contribution is -2.14. The second-order valence-electron chi connectivity index (χ2n) is 5.28. The van der Waals surface area contributed by atoms with E-state index >= 15 is 0 Å². The van der Waals surface area contributed by atoms with Gasteiger partial charge < -0.3 is 5.11 Å². The Balaban J connectivity index is 3.84. The average molecular weight is 200 g/mol. The largest absolute Gasteiger partial charge is 0.396 e. The van der Waals surface area contributed by atoms with Crippen molar-refractivity contribution < 1.29 is 5.11 Å².